The molecule has 0 radical (unpaired) electrons. The van der Waals surface area contributed by atoms with Crippen molar-refractivity contribution in [2.24, 2.45) is 0 Å². The van der Waals surface area contributed by atoms with Crippen LogP contribution in [-0.2, 0) is 17.6 Å². The fourth-order valence-electron chi connectivity index (χ4n) is 3.32. The summed E-state index contributed by atoms with van der Waals surface area (Å²) in [6.07, 6.45) is 5.64. The summed E-state index contributed by atoms with van der Waals surface area (Å²) in [7, 11) is 0. The lowest BCUT2D eigenvalue weighted by atomic mass is 9.95. The number of carboxylic acid groups (broad SMARTS) is 1. The summed E-state index contributed by atoms with van der Waals surface area (Å²) in [6, 6.07) is 14.5. The van der Waals surface area contributed by atoms with Gasteiger partial charge >= 0.3 is 5.97 Å². The van der Waals surface area contributed by atoms with Crippen LogP contribution in [0.4, 0.5) is 0 Å². The van der Waals surface area contributed by atoms with E-state index >= 15 is 0 Å². The number of rotatable bonds is 6. The van der Waals surface area contributed by atoms with Crippen LogP contribution in [0.25, 0.3) is 11.6 Å². The minimum Gasteiger partial charge on any atom is -0.481 e. The van der Waals surface area contributed by atoms with E-state index in [9.17, 15) is 9.90 Å². The number of fused-ring (bicyclic) bond motifs is 2. The smallest absolute Gasteiger partial charge is 0.307 e. The third-order valence-corrected chi connectivity index (χ3v) is 4.50. The number of unbranched alkanes of at least 4 members (excludes halogenated alkanes) is 1. The standard InChI is InChI=1S/C21H22O3/c22-10-4-3-5-15-8-9-16-12-19(14-21(23)24)20-7-2-1-6-17(20)13-18(16)11-15/h1-2,6-9,11-12,22H,3-5,10,13-14H2,(H,23,24). The molecule has 0 aliphatic heterocycles. The number of benzene rings is 2. The van der Waals surface area contributed by atoms with Gasteiger partial charge in [-0.3, -0.25) is 4.79 Å². The second-order valence-corrected chi connectivity index (χ2v) is 6.29. The number of carbonyl (C=O) groups is 1. The molecular formula is C21H22O3. The minimum atomic E-state index is -0.805. The van der Waals surface area contributed by atoms with Gasteiger partial charge in [0.2, 0.25) is 0 Å². The number of aliphatic hydroxyl groups is 1. The van der Waals surface area contributed by atoms with Crippen molar-refractivity contribution in [3.63, 3.8) is 0 Å². The summed E-state index contributed by atoms with van der Waals surface area (Å²) in [4.78, 5) is 11.2. The van der Waals surface area contributed by atoms with E-state index in [-0.39, 0.29) is 13.0 Å². The van der Waals surface area contributed by atoms with Crippen molar-refractivity contribution in [2.75, 3.05) is 6.61 Å². The lowest BCUT2D eigenvalue weighted by Crippen LogP contribution is -1.99. The second kappa shape index (κ2) is 7.45. The topological polar surface area (TPSA) is 57.5 Å². The summed E-state index contributed by atoms with van der Waals surface area (Å²) in [5.74, 6) is -0.805. The van der Waals surface area contributed by atoms with Crippen LogP contribution in [0.5, 0.6) is 0 Å². The quantitative estimate of drug-likeness (QED) is 0.793. The molecule has 3 rings (SSSR count). The Morgan fingerprint density at radius 1 is 1.04 bits per heavy atom. The Kier molecular flexibility index (Phi) is 5.11. The largest absolute Gasteiger partial charge is 0.481 e. The molecule has 0 fully saturated rings. The Bertz CT molecular complexity index is 774. The van der Waals surface area contributed by atoms with Gasteiger partial charge in [-0.25, -0.2) is 0 Å². The molecule has 3 nitrogen and oxygen atoms in total. The predicted molar refractivity (Wildman–Crippen MR) is 95.8 cm³/mol. The molecule has 0 unspecified atom stereocenters. The van der Waals surface area contributed by atoms with Crippen LogP contribution in [0.1, 0.15) is 47.1 Å². The molecule has 3 heteroatoms. The zero-order valence-corrected chi connectivity index (χ0v) is 13.7. The van der Waals surface area contributed by atoms with Crippen LogP contribution in [0.15, 0.2) is 42.5 Å². The molecule has 0 bridgehead atoms. The van der Waals surface area contributed by atoms with Crippen LogP contribution in [0, 0.1) is 0 Å². The van der Waals surface area contributed by atoms with Crippen molar-refractivity contribution < 1.29 is 15.0 Å². The summed E-state index contributed by atoms with van der Waals surface area (Å²) in [6.45, 7) is 0.236. The van der Waals surface area contributed by atoms with E-state index in [2.05, 4.69) is 24.3 Å². The molecule has 0 spiro atoms. The predicted octanol–water partition coefficient (Wildman–Crippen LogP) is 3.92. The Labute approximate surface area is 142 Å². The molecule has 0 amide bonds. The van der Waals surface area contributed by atoms with Crippen LogP contribution in [0.2, 0.25) is 0 Å². The van der Waals surface area contributed by atoms with Crippen molar-refractivity contribution >= 4 is 17.6 Å². The van der Waals surface area contributed by atoms with E-state index in [1.54, 1.807) is 0 Å². The van der Waals surface area contributed by atoms with Gasteiger partial charge in [0.1, 0.15) is 0 Å². The fourth-order valence-corrected chi connectivity index (χ4v) is 3.32. The Balaban J connectivity index is 1.98. The van der Waals surface area contributed by atoms with E-state index in [1.807, 2.05) is 24.3 Å². The van der Waals surface area contributed by atoms with E-state index in [0.29, 0.717) is 0 Å². The molecule has 24 heavy (non-hydrogen) atoms. The first-order valence-electron chi connectivity index (χ1n) is 8.40. The molecule has 0 heterocycles. The monoisotopic (exact) mass is 322 g/mol. The van der Waals surface area contributed by atoms with Gasteiger partial charge in [0.05, 0.1) is 6.42 Å². The zero-order chi connectivity index (χ0) is 16.9. The lowest BCUT2D eigenvalue weighted by molar-refractivity contribution is -0.135. The summed E-state index contributed by atoms with van der Waals surface area (Å²) >= 11 is 0. The normalized spacial score (nSPS) is 12.8. The summed E-state index contributed by atoms with van der Waals surface area (Å²) in [5, 5.41) is 18.2. The van der Waals surface area contributed by atoms with E-state index in [4.69, 9.17) is 5.11 Å². The molecule has 2 N–H and O–H groups in total. The van der Waals surface area contributed by atoms with Gasteiger partial charge in [0.25, 0.3) is 0 Å². The van der Waals surface area contributed by atoms with E-state index in [0.717, 1.165) is 42.4 Å². The minimum absolute atomic E-state index is 0.0364. The van der Waals surface area contributed by atoms with Gasteiger partial charge in [-0.15, -0.1) is 0 Å². The Morgan fingerprint density at radius 3 is 2.67 bits per heavy atom. The average Bonchev–Trinajstić information content (AvgIpc) is 2.71. The molecule has 1 aliphatic rings. The summed E-state index contributed by atoms with van der Waals surface area (Å²) < 4.78 is 0. The number of aryl methyl sites for hydroxylation is 1. The highest BCUT2D eigenvalue weighted by atomic mass is 16.4. The highest BCUT2D eigenvalue weighted by Gasteiger charge is 2.17. The van der Waals surface area contributed by atoms with E-state index < -0.39 is 5.97 Å². The van der Waals surface area contributed by atoms with Crippen LogP contribution in [-0.4, -0.2) is 22.8 Å². The van der Waals surface area contributed by atoms with Crippen molar-refractivity contribution in [3.05, 3.63) is 70.3 Å². The summed E-state index contributed by atoms with van der Waals surface area (Å²) in [5.41, 5.74) is 6.70. The van der Waals surface area contributed by atoms with Crippen LogP contribution < -0.4 is 0 Å². The van der Waals surface area contributed by atoms with Crippen LogP contribution in [0.3, 0.4) is 0 Å². The van der Waals surface area contributed by atoms with Crippen molar-refractivity contribution in [2.45, 2.75) is 32.1 Å². The molecule has 1 aliphatic carbocycles. The maximum atomic E-state index is 11.2. The SMILES string of the molecule is O=C(O)CC1=Cc2ccc(CCCCO)cc2Cc2ccccc21. The van der Waals surface area contributed by atoms with Gasteiger partial charge in [-0.1, -0.05) is 48.5 Å². The number of hydrogen-bond acceptors (Lipinski definition) is 2. The fraction of sp³-hybridized carbons (Fsp3) is 0.286. The molecule has 0 saturated carbocycles. The van der Waals surface area contributed by atoms with Gasteiger partial charge in [-0.05, 0) is 59.1 Å². The maximum Gasteiger partial charge on any atom is 0.307 e. The van der Waals surface area contributed by atoms with E-state index in [1.165, 1.54) is 16.7 Å². The number of aliphatic carboxylic acids is 1. The first-order valence-corrected chi connectivity index (χ1v) is 8.40. The number of carboxylic acids is 1. The maximum absolute atomic E-state index is 11.2. The van der Waals surface area contributed by atoms with Crippen LogP contribution >= 0.6 is 0 Å². The molecule has 2 aromatic rings. The van der Waals surface area contributed by atoms with Gasteiger partial charge in [-0.2, -0.15) is 0 Å². The third-order valence-electron chi connectivity index (χ3n) is 4.50. The van der Waals surface area contributed by atoms with Gasteiger partial charge < -0.3 is 10.2 Å². The highest BCUT2D eigenvalue weighted by Crippen LogP contribution is 2.32. The average molecular weight is 322 g/mol. The molecule has 0 atom stereocenters. The van der Waals surface area contributed by atoms with Gasteiger partial charge in [0.15, 0.2) is 0 Å². The first kappa shape index (κ1) is 16.5. The third kappa shape index (κ3) is 3.74. The highest BCUT2D eigenvalue weighted by molar-refractivity contribution is 5.93. The van der Waals surface area contributed by atoms with Gasteiger partial charge in [0, 0.05) is 6.61 Å². The second-order valence-electron chi connectivity index (χ2n) is 6.29. The first-order chi connectivity index (χ1) is 11.7. The van der Waals surface area contributed by atoms with Crippen molar-refractivity contribution in [3.8, 4) is 0 Å². The zero-order valence-electron chi connectivity index (χ0n) is 13.7. The number of hydrogen-bond donors (Lipinski definition) is 2. The van der Waals surface area contributed by atoms with Crippen molar-refractivity contribution in [1.29, 1.82) is 0 Å². The lowest BCUT2D eigenvalue weighted by Gasteiger charge is -2.09. The molecule has 2 aromatic carbocycles. The molecule has 124 valence electrons. The Morgan fingerprint density at radius 2 is 1.88 bits per heavy atom. The Hall–Kier alpha value is -2.39. The molecule has 0 saturated heterocycles. The molecule has 0 aromatic heterocycles. The molecular weight excluding hydrogens is 300 g/mol. The number of aliphatic hydroxyl groups excluding tert-OH is 1. The van der Waals surface area contributed by atoms with Crippen molar-refractivity contribution in [1.82, 2.24) is 0 Å².